The van der Waals surface area contributed by atoms with Crippen LogP contribution in [0.15, 0.2) is 0 Å². The van der Waals surface area contributed by atoms with E-state index < -0.39 is 6.10 Å². The zero-order valence-electron chi connectivity index (χ0n) is 9.53. The Balaban J connectivity index is 2.34. The van der Waals surface area contributed by atoms with E-state index in [1.165, 1.54) is 6.42 Å². The first-order valence-electron chi connectivity index (χ1n) is 5.44. The second kappa shape index (κ2) is 4.60. The molecule has 1 rings (SSSR count). The van der Waals surface area contributed by atoms with Gasteiger partial charge in [-0.05, 0) is 24.3 Å². The van der Waals surface area contributed by atoms with Gasteiger partial charge in [-0.15, -0.1) is 0 Å². The van der Waals surface area contributed by atoms with Gasteiger partial charge in [-0.1, -0.05) is 20.8 Å². The molecule has 0 bridgehead atoms. The van der Waals surface area contributed by atoms with Crippen LogP contribution in [-0.2, 0) is 0 Å². The Hall–Kier alpha value is -0.120. The lowest BCUT2D eigenvalue weighted by Crippen LogP contribution is -2.34. The Morgan fingerprint density at radius 3 is 2.50 bits per heavy atom. The molecule has 0 spiro atoms. The minimum atomic E-state index is -0.575. The summed E-state index contributed by atoms with van der Waals surface area (Å²) in [5.41, 5.74) is 0.360. The minimum absolute atomic E-state index is 0.128. The highest BCUT2D eigenvalue weighted by Crippen LogP contribution is 2.33. The van der Waals surface area contributed by atoms with Crippen LogP contribution in [0.1, 0.15) is 27.2 Å². The molecule has 1 aliphatic rings. The lowest BCUT2D eigenvalue weighted by molar-refractivity contribution is 0.0631. The number of hydrogen-bond donors (Lipinski definition) is 2. The van der Waals surface area contributed by atoms with Crippen molar-refractivity contribution in [3.63, 3.8) is 0 Å². The summed E-state index contributed by atoms with van der Waals surface area (Å²) in [5, 5.41) is 18.1. The summed E-state index contributed by atoms with van der Waals surface area (Å²) in [6.45, 7) is 9.40. The van der Waals surface area contributed by atoms with Gasteiger partial charge in [0.2, 0.25) is 0 Å². The average molecular weight is 201 g/mol. The first-order chi connectivity index (χ1) is 6.43. The number of β-amino-alcohol motifs (C(OH)–C–C–N with tert-alkyl or cyclic N) is 1. The molecule has 1 fully saturated rings. The smallest absolute Gasteiger partial charge is 0.0897 e. The quantitative estimate of drug-likeness (QED) is 0.706. The summed E-state index contributed by atoms with van der Waals surface area (Å²) < 4.78 is 0. The van der Waals surface area contributed by atoms with E-state index in [0.29, 0.717) is 17.9 Å². The minimum Gasteiger partial charge on any atom is -0.394 e. The zero-order valence-corrected chi connectivity index (χ0v) is 9.53. The van der Waals surface area contributed by atoms with Crippen LogP contribution in [0.4, 0.5) is 0 Å². The molecule has 2 unspecified atom stereocenters. The maximum absolute atomic E-state index is 9.32. The molecule has 0 saturated carbocycles. The fourth-order valence-electron chi connectivity index (χ4n) is 2.06. The number of nitrogens with zero attached hydrogens (tertiary/aromatic N) is 1. The average Bonchev–Trinajstić information content (AvgIpc) is 2.51. The Labute approximate surface area is 86.7 Å². The van der Waals surface area contributed by atoms with Gasteiger partial charge in [0.05, 0.1) is 12.7 Å². The van der Waals surface area contributed by atoms with E-state index in [-0.39, 0.29) is 6.61 Å². The van der Waals surface area contributed by atoms with E-state index in [0.717, 1.165) is 13.1 Å². The summed E-state index contributed by atoms with van der Waals surface area (Å²) in [6, 6.07) is 0. The van der Waals surface area contributed by atoms with Gasteiger partial charge in [-0.3, -0.25) is 0 Å². The van der Waals surface area contributed by atoms with E-state index in [1.807, 2.05) is 0 Å². The van der Waals surface area contributed by atoms with Crippen molar-refractivity contribution in [2.45, 2.75) is 33.3 Å². The van der Waals surface area contributed by atoms with E-state index in [2.05, 4.69) is 25.7 Å². The lowest BCUT2D eigenvalue weighted by atomic mass is 9.80. The third-order valence-electron chi connectivity index (χ3n) is 3.18. The SMILES string of the molecule is CC(C)(C)C1CCN(CC(O)CO)C1. The molecule has 3 nitrogen and oxygen atoms in total. The van der Waals surface area contributed by atoms with Crippen LogP contribution in [0.2, 0.25) is 0 Å². The lowest BCUT2D eigenvalue weighted by Gasteiger charge is -2.27. The Kier molecular flexibility index (Phi) is 3.93. The first kappa shape index (κ1) is 12.0. The van der Waals surface area contributed by atoms with Gasteiger partial charge in [0.1, 0.15) is 0 Å². The van der Waals surface area contributed by atoms with Crippen molar-refractivity contribution in [1.82, 2.24) is 4.90 Å². The molecule has 0 aromatic rings. The summed E-state index contributed by atoms with van der Waals surface area (Å²) in [6.07, 6.45) is 0.635. The molecule has 2 N–H and O–H groups in total. The summed E-state index contributed by atoms with van der Waals surface area (Å²) >= 11 is 0. The monoisotopic (exact) mass is 201 g/mol. The van der Waals surface area contributed by atoms with Crippen molar-refractivity contribution in [3.8, 4) is 0 Å². The Morgan fingerprint density at radius 1 is 1.43 bits per heavy atom. The molecular weight excluding hydrogens is 178 g/mol. The van der Waals surface area contributed by atoms with Gasteiger partial charge in [0.15, 0.2) is 0 Å². The molecule has 0 radical (unpaired) electrons. The van der Waals surface area contributed by atoms with Crippen molar-refractivity contribution in [2.24, 2.45) is 11.3 Å². The number of rotatable bonds is 3. The number of aliphatic hydroxyl groups is 2. The topological polar surface area (TPSA) is 43.7 Å². The van der Waals surface area contributed by atoms with Crippen LogP contribution in [-0.4, -0.2) is 47.5 Å². The zero-order chi connectivity index (χ0) is 10.8. The third-order valence-corrected chi connectivity index (χ3v) is 3.18. The largest absolute Gasteiger partial charge is 0.394 e. The second-order valence-corrected chi connectivity index (χ2v) is 5.45. The molecule has 1 heterocycles. The van der Waals surface area contributed by atoms with Crippen molar-refractivity contribution in [1.29, 1.82) is 0 Å². The van der Waals surface area contributed by atoms with Crippen LogP contribution in [0.25, 0.3) is 0 Å². The highest BCUT2D eigenvalue weighted by Gasteiger charge is 2.32. The maximum Gasteiger partial charge on any atom is 0.0897 e. The predicted octanol–water partition coefficient (Wildman–Crippen LogP) is 0.708. The molecule has 14 heavy (non-hydrogen) atoms. The normalized spacial score (nSPS) is 26.8. The van der Waals surface area contributed by atoms with Crippen LogP contribution in [0, 0.1) is 11.3 Å². The molecule has 3 heteroatoms. The summed E-state index contributed by atoms with van der Waals surface area (Å²) in [7, 11) is 0. The second-order valence-electron chi connectivity index (χ2n) is 5.45. The van der Waals surface area contributed by atoms with Crippen molar-refractivity contribution in [3.05, 3.63) is 0 Å². The van der Waals surface area contributed by atoms with Crippen molar-refractivity contribution in [2.75, 3.05) is 26.2 Å². The summed E-state index contributed by atoms with van der Waals surface area (Å²) in [5.74, 6) is 0.716. The van der Waals surface area contributed by atoms with Crippen LogP contribution >= 0.6 is 0 Å². The Morgan fingerprint density at radius 2 is 2.07 bits per heavy atom. The molecule has 0 aliphatic carbocycles. The molecule has 0 aromatic carbocycles. The van der Waals surface area contributed by atoms with Crippen LogP contribution in [0.5, 0.6) is 0 Å². The van der Waals surface area contributed by atoms with Gasteiger partial charge >= 0.3 is 0 Å². The van der Waals surface area contributed by atoms with Crippen molar-refractivity contribution < 1.29 is 10.2 Å². The molecular formula is C11H23NO2. The van der Waals surface area contributed by atoms with E-state index >= 15 is 0 Å². The molecule has 84 valence electrons. The molecule has 1 aliphatic heterocycles. The predicted molar refractivity (Wildman–Crippen MR) is 57.1 cm³/mol. The Bertz CT molecular complexity index is 177. The van der Waals surface area contributed by atoms with Crippen LogP contribution in [0.3, 0.4) is 0 Å². The van der Waals surface area contributed by atoms with Crippen LogP contribution < -0.4 is 0 Å². The fourth-order valence-corrected chi connectivity index (χ4v) is 2.06. The van der Waals surface area contributed by atoms with Crippen molar-refractivity contribution >= 4 is 0 Å². The fraction of sp³-hybridized carbons (Fsp3) is 1.00. The highest BCUT2D eigenvalue weighted by atomic mass is 16.3. The highest BCUT2D eigenvalue weighted by molar-refractivity contribution is 4.84. The van der Waals surface area contributed by atoms with Gasteiger partial charge < -0.3 is 15.1 Å². The van der Waals surface area contributed by atoms with E-state index in [4.69, 9.17) is 5.11 Å². The molecule has 0 amide bonds. The van der Waals surface area contributed by atoms with Gasteiger partial charge in [0.25, 0.3) is 0 Å². The van der Waals surface area contributed by atoms with E-state index in [1.54, 1.807) is 0 Å². The number of hydrogen-bond acceptors (Lipinski definition) is 3. The number of likely N-dealkylation sites (tertiary alicyclic amines) is 1. The van der Waals surface area contributed by atoms with E-state index in [9.17, 15) is 5.11 Å². The standard InChI is InChI=1S/C11H23NO2/c1-11(2,3)9-4-5-12(6-9)7-10(14)8-13/h9-10,13-14H,4-8H2,1-3H3. The number of aliphatic hydroxyl groups excluding tert-OH is 2. The third kappa shape index (κ3) is 3.23. The van der Waals surface area contributed by atoms with Gasteiger partial charge in [0, 0.05) is 13.1 Å². The van der Waals surface area contributed by atoms with Gasteiger partial charge in [-0.2, -0.15) is 0 Å². The van der Waals surface area contributed by atoms with Gasteiger partial charge in [-0.25, -0.2) is 0 Å². The summed E-state index contributed by atoms with van der Waals surface area (Å²) in [4.78, 5) is 2.25. The molecule has 2 atom stereocenters. The maximum atomic E-state index is 9.32. The first-order valence-corrected chi connectivity index (χ1v) is 5.44. The molecule has 0 aromatic heterocycles. The molecule has 1 saturated heterocycles.